The van der Waals surface area contributed by atoms with E-state index in [4.69, 9.17) is 5.11 Å². The number of rotatable bonds is 9. The van der Waals surface area contributed by atoms with Crippen molar-refractivity contribution in [2.24, 2.45) is 0 Å². The molecule has 3 heterocycles. The molecule has 3 amide bonds. The van der Waals surface area contributed by atoms with Gasteiger partial charge in [0.15, 0.2) is 0 Å². The Morgan fingerprint density at radius 2 is 1.82 bits per heavy atom. The van der Waals surface area contributed by atoms with Gasteiger partial charge in [-0.1, -0.05) is 18.2 Å². The number of nitrogens with zero attached hydrogens (tertiary/aromatic N) is 3. The minimum absolute atomic E-state index is 0.0127. The zero-order valence-corrected chi connectivity index (χ0v) is 21.0. The summed E-state index contributed by atoms with van der Waals surface area (Å²) in [6.45, 7) is 2.19. The van der Waals surface area contributed by atoms with E-state index in [-0.39, 0.29) is 56.7 Å². The maximum absolute atomic E-state index is 13.0. The summed E-state index contributed by atoms with van der Waals surface area (Å²) in [6.07, 6.45) is -1.46. The molecule has 1 aliphatic rings. The number of aryl methyl sites for hydroxylation is 1. The number of alkyl halides is 3. The van der Waals surface area contributed by atoms with E-state index >= 15 is 0 Å². The van der Waals surface area contributed by atoms with Crippen LogP contribution in [0.4, 0.5) is 13.2 Å². The van der Waals surface area contributed by atoms with Gasteiger partial charge in [-0.3, -0.25) is 24.4 Å². The summed E-state index contributed by atoms with van der Waals surface area (Å²) < 4.78 is 38.2. The summed E-state index contributed by atoms with van der Waals surface area (Å²) in [5.74, 6) is -0.984. The number of amides is 3. The predicted octanol–water partition coefficient (Wildman–Crippen LogP) is 2.54. The number of nitrogens with one attached hydrogen (secondary N) is 2. The number of benzene rings is 1. The van der Waals surface area contributed by atoms with Crippen LogP contribution in [0.5, 0.6) is 0 Å². The Balaban J connectivity index is 1.38. The third-order valence-electron chi connectivity index (χ3n) is 6.23. The molecule has 0 saturated heterocycles. The smallest absolute Gasteiger partial charge is 0.395 e. The van der Waals surface area contributed by atoms with Crippen LogP contribution in [0.2, 0.25) is 0 Å². The molecule has 0 unspecified atom stereocenters. The van der Waals surface area contributed by atoms with Crippen LogP contribution >= 0.6 is 0 Å². The van der Waals surface area contributed by atoms with Crippen molar-refractivity contribution in [3.05, 3.63) is 93.6 Å². The van der Waals surface area contributed by atoms with Crippen molar-refractivity contribution in [2.75, 3.05) is 13.2 Å². The quantitative estimate of drug-likeness (QED) is 0.383. The van der Waals surface area contributed by atoms with Gasteiger partial charge in [0.05, 0.1) is 24.3 Å². The second-order valence-electron chi connectivity index (χ2n) is 9.08. The van der Waals surface area contributed by atoms with Gasteiger partial charge in [0.2, 0.25) is 5.91 Å². The molecule has 0 atom stereocenters. The summed E-state index contributed by atoms with van der Waals surface area (Å²) in [4.78, 5) is 47.8. The van der Waals surface area contributed by atoms with Crippen LogP contribution < -0.4 is 10.6 Å². The van der Waals surface area contributed by atoms with E-state index in [1.165, 1.54) is 24.5 Å². The van der Waals surface area contributed by atoms with E-state index in [1.807, 2.05) is 0 Å². The third-order valence-corrected chi connectivity index (χ3v) is 6.23. The average Bonchev–Trinajstić information content (AvgIpc) is 3.21. The number of aliphatic hydroxyl groups is 1. The first-order valence-corrected chi connectivity index (χ1v) is 12.1. The van der Waals surface area contributed by atoms with Gasteiger partial charge in [0, 0.05) is 49.7 Å². The van der Waals surface area contributed by atoms with E-state index < -0.39 is 17.6 Å². The standard InChI is InChI=1S/C27H26F3N5O4/c1-16-10-18(13-33-24(16)25(38)34-12-17-2-4-19(5-3-17)27(28,29)30)14-35-15-21-20(26(35)39)6-7-31-22(21)11-23(37)32-8-9-36/h2-7,10,13,36H,8-9,11-12,14-15H2,1H3,(H,32,37)(H,34,38). The number of aliphatic hydroxyl groups excluding tert-OH is 1. The monoisotopic (exact) mass is 541 g/mol. The number of carbonyl (C=O) groups is 3. The number of pyridine rings is 2. The first-order valence-electron chi connectivity index (χ1n) is 12.1. The molecule has 3 N–H and O–H groups in total. The molecule has 12 heteroatoms. The second kappa shape index (κ2) is 11.6. The largest absolute Gasteiger partial charge is 0.416 e. The number of fused-ring (bicyclic) bond motifs is 1. The average molecular weight is 542 g/mol. The van der Waals surface area contributed by atoms with Crippen LogP contribution in [-0.4, -0.2) is 50.8 Å². The highest BCUT2D eigenvalue weighted by molar-refractivity contribution is 5.99. The molecule has 1 aromatic carbocycles. The van der Waals surface area contributed by atoms with Crippen molar-refractivity contribution in [1.29, 1.82) is 0 Å². The van der Waals surface area contributed by atoms with E-state index in [9.17, 15) is 27.6 Å². The Morgan fingerprint density at radius 3 is 2.49 bits per heavy atom. The van der Waals surface area contributed by atoms with Crippen LogP contribution in [0.25, 0.3) is 0 Å². The van der Waals surface area contributed by atoms with Gasteiger partial charge in [0.1, 0.15) is 5.69 Å². The molecule has 9 nitrogen and oxygen atoms in total. The van der Waals surface area contributed by atoms with Crippen molar-refractivity contribution < 1.29 is 32.7 Å². The molecule has 2 aromatic heterocycles. The maximum atomic E-state index is 13.0. The van der Waals surface area contributed by atoms with Crippen molar-refractivity contribution >= 4 is 17.7 Å². The lowest BCUT2D eigenvalue weighted by molar-refractivity contribution is -0.137. The fourth-order valence-corrected chi connectivity index (χ4v) is 4.29. The minimum atomic E-state index is -4.43. The third kappa shape index (κ3) is 6.58. The van der Waals surface area contributed by atoms with Crippen molar-refractivity contribution in [3.8, 4) is 0 Å². The highest BCUT2D eigenvalue weighted by Gasteiger charge is 2.31. The second-order valence-corrected chi connectivity index (χ2v) is 9.08. The molecule has 0 fully saturated rings. The topological polar surface area (TPSA) is 125 Å². The Kier molecular flexibility index (Phi) is 8.24. The lowest BCUT2D eigenvalue weighted by atomic mass is 10.1. The molecule has 4 rings (SSSR count). The fraction of sp³-hybridized carbons (Fsp3) is 0.296. The van der Waals surface area contributed by atoms with Gasteiger partial charge >= 0.3 is 6.18 Å². The SMILES string of the molecule is Cc1cc(CN2Cc3c(ccnc3CC(=O)NCCO)C2=O)cnc1C(=O)NCc1ccc(C(F)(F)F)cc1. The number of hydrogen-bond acceptors (Lipinski definition) is 6. The molecular formula is C27H26F3N5O4. The summed E-state index contributed by atoms with van der Waals surface area (Å²) in [5, 5.41) is 14.1. The molecule has 204 valence electrons. The van der Waals surface area contributed by atoms with Crippen molar-refractivity contribution in [1.82, 2.24) is 25.5 Å². The van der Waals surface area contributed by atoms with Crippen LogP contribution in [0.1, 0.15) is 54.4 Å². The molecule has 0 spiro atoms. The first-order chi connectivity index (χ1) is 18.6. The Hall–Kier alpha value is -4.32. The molecule has 39 heavy (non-hydrogen) atoms. The Bertz CT molecular complexity index is 1390. The molecule has 0 bridgehead atoms. The van der Waals surface area contributed by atoms with Crippen LogP contribution in [-0.2, 0) is 37.0 Å². The Labute approximate surface area is 222 Å². The van der Waals surface area contributed by atoms with E-state index in [0.717, 1.165) is 12.1 Å². The maximum Gasteiger partial charge on any atom is 0.416 e. The van der Waals surface area contributed by atoms with Crippen LogP contribution in [0.3, 0.4) is 0 Å². The molecule has 0 aliphatic carbocycles. The van der Waals surface area contributed by atoms with Crippen LogP contribution in [0, 0.1) is 6.92 Å². The zero-order chi connectivity index (χ0) is 28.2. The summed E-state index contributed by atoms with van der Waals surface area (Å²) >= 11 is 0. The molecule has 0 saturated carbocycles. The summed E-state index contributed by atoms with van der Waals surface area (Å²) in [6, 6.07) is 7.89. The Morgan fingerprint density at radius 1 is 1.08 bits per heavy atom. The van der Waals surface area contributed by atoms with Gasteiger partial charge in [-0.25, -0.2) is 0 Å². The van der Waals surface area contributed by atoms with Gasteiger partial charge in [0.25, 0.3) is 11.8 Å². The van der Waals surface area contributed by atoms with Gasteiger partial charge in [-0.05, 0) is 41.8 Å². The van der Waals surface area contributed by atoms with E-state index in [2.05, 4.69) is 20.6 Å². The van der Waals surface area contributed by atoms with Gasteiger partial charge in [-0.2, -0.15) is 13.2 Å². The van der Waals surface area contributed by atoms with Gasteiger partial charge in [-0.15, -0.1) is 0 Å². The fourth-order valence-electron chi connectivity index (χ4n) is 4.29. The highest BCUT2D eigenvalue weighted by Crippen LogP contribution is 2.29. The first kappa shape index (κ1) is 27.7. The summed E-state index contributed by atoms with van der Waals surface area (Å²) in [7, 11) is 0. The van der Waals surface area contributed by atoms with Crippen molar-refractivity contribution in [2.45, 2.75) is 39.2 Å². The van der Waals surface area contributed by atoms with Gasteiger partial charge < -0.3 is 20.6 Å². The number of hydrogen-bond donors (Lipinski definition) is 3. The minimum Gasteiger partial charge on any atom is -0.395 e. The molecular weight excluding hydrogens is 515 g/mol. The summed E-state index contributed by atoms with van der Waals surface area (Å²) in [5.41, 5.74) is 2.83. The number of carbonyl (C=O) groups excluding carboxylic acids is 3. The highest BCUT2D eigenvalue weighted by atomic mass is 19.4. The zero-order valence-electron chi connectivity index (χ0n) is 21.0. The lowest BCUT2D eigenvalue weighted by Gasteiger charge is -2.16. The molecule has 3 aromatic rings. The lowest BCUT2D eigenvalue weighted by Crippen LogP contribution is -2.28. The molecule has 0 radical (unpaired) electrons. The van der Waals surface area contributed by atoms with E-state index in [1.54, 1.807) is 24.0 Å². The normalized spacial score (nSPS) is 12.8. The van der Waals surface area contributed by atoms with Crippen LogP contribution in [0.15, 0.2) is 48.8 Å². The number of halogens is 3. The predicted molar refractivity (Wildman–Crippen MR) is 133 cm³/mol. The number of aromatic nitrogens is 2. The molecule has 1 aliphatic heterocycles. The van der Waals surface area contributed by atoms with Crippen molar-refractivity contribution in [3.63, 3.8) is 0 Å². The van der Waals surface area contributed by atoms with E-state index in [0.29, 0.717) is 33.5 Å².